The van der Waals surface area contributed by atoms with E-state index >= 15 is 0 Å². The standard InChI is InChI=1S/C44H59FN2O9/c1-4-21-47(43(50)51-3)39-28-37(46-56-40-18-10-13-25-52-40)34-26-30(14-8-11-22-48)33(16-9-12-23-49)41-35-27-32(53-29-31-15-6-7-17-36(31)45)19-20-38(35)55-44(39,42(34)41)54-24-5-2/h5-7,15,17,19-20,26-27,30,33,39-42,48-49H,2,4,8-14,16,18,21-25,28-29H2,1,3H3/t30-,33+,39-,40?,41+,42+,44+/m0/s1. The van der Waals surface area contributed by atoms with Crippen LogP contribution >= 0.6 is 0 Å². The molecular weight excluding hydrogens is 719 g/mol. The van der Waals surface area contributed by atoms with E-state index in [-0.39, 0.29) is 56.4 Å². The highest BCUT2D eigenvalue weighted by molar-refractivity contribution is 6.03. The van der Waals surface area contributed by atoms with Gasteiger partial charge >= 0.3 is 6.09 Å². The zero-order valence-electron chi connectivity index (χ0n) is 32.9. The van der Waals surface area contributed by atoms with Crippen molar-refractivity contribution in [2.45, 2.75) is 108 Å². The van der Waals surface area contributed by atoms with Crippen molar-refractivity contribution in [3.8, 4) is 11.5 Å². The largest absolute Gasteiger partial charge is 0.489 e. The first-order chi connectivity index (χ1) is 27.4. The molecule has 6 rings (SSSR count). The van der Waals surface area contributed by atoms with Crippen molar-refractivity contribution in [1.82, 2.24) is 4.90 Å². The normalized spacial score (nSPS) is 27.3. The van der Waals surface area contributed by atoms with Crippen molar-refractivity contribution in [1.29, 1.82) is 0 Å². The minimum atomic E-state index is -1.39. The van der Waals surface area contributed by atoms with Gasteiger partial charge in [-0.15, -0.1) is 6.58 Å². The topological polar surface area (TPSA) is 129 Å². The van der Waals surface area contributed by atoms with Crippen LogP contribution in [0.3, 0.4) is 0 Å². The third kappa shape index (κ3) is 9.09. The SMILES string of the molecule is C=CCO[C@@]12Oc3ccc(OCc4ccccc4F)cc3[C@H]3[C@H](CCCCO)[C@@H](CCCCO)C=C(C(=NOC4CCCCO4)C[C@@H]1N(CCC)C(=O)OC)[C@H]32. The lowest BCUT2D eigenvalue weighted by atomic mass is 9.55. The Labute approximate surface area is 330 Å². The van der Waals surface area contributed by atoms with Crippen molar-refractivity contribution in [3.63, 3.8) is 0 Å². The van der Waals surface area contributed by atoms with Crippen LogP contribution in [-0.4, -0.2) is 85.1 Å². The number of benzene rings is 2. The average Bonchev–Trinajstić information content (AvgIpc) is 3.22. The molecule has 2 heterocycles. The second-order valence-electron chi connectivity index (χ2n) is 15.2. The highest BCUT2D eigenvalue weighted by atomic mass is 19.1. The molecule has 2 N–H and O–H groups in total. The molecule has 0 spiro atoms. The van der Waals surface area contributed by atoms with Gasteiger partial charge in [0, 0.05) is 49.6 Å². The van der Waals surface area contributed by atoms with Crippen LogP contribution in [0.25, 0.3) is 0 Å². The number of fused-ring (bicyclic) bond motifs is 2. The number of ether oxygens (including phenoxy) is 5. The van der Waals surface area contributed by atoms with Crippen molar-refractivity contribution >= 4 is 11.8 Å². The number of hydrogen-bond acceptors (Lipinski definition) is 10. The Hall–Kier alpha value is -3.97. The van der Waals surface area contributed by atoms with Gasteiger partial charge in [-0.3, -0.25) is 4.90 Å². The zero-order chi connectivity index (χ0) is 39.5. The maximum atomic E-state index is 14.7. The van der Waals surface area contributed by atoms with Crippen LogP contribution in [0.1, 0.15) is 94.6 Å². The highest BCUT2D eigenvalue weighted by Gasteiger charge is 2.65. The number of hydrogen-bond donors (Lipinski definition) is 2. The summed E-state index contributed by atoms with van der Waals surface area (Å²) in [5.41, 5.74) is 3.00. The first-order valence-electron chi connectivity index (χ1n) is 20.5. The Morgan fingerprint density at radius 2 is 1.91 bits per heavy atom. The van der Waals surface area contributed by atoms with E-state index in [1.165, 1.54) is 13.2 Å². The monoisotopic (exact) mass is 778 g/mol. The van der Waals surface area contributed by atoms with E-state index in [0.29, 0.717) is 55.2 Å². The van der Waals surface area contributed by atoms with Crippen LogP contribution in [0, 0.1) is 23.6 Å². The summed E-state index contributed by atoms with van der Waals surface area (Å²) in [7, 11) is 1.38. The number of oxime groups is 1. The van der Waals surface area contributed by atoms with E-state index in [9.17, 15) is 19.4 Å². The Balaban J connectivity index is 1.55. The number of amides is 1. The molecule has 56 heavy (non-hydrogen) atoms. The van der Waals surface area contributed by atoms with E-state index in [1.807, 2.05) is 25.1 Å². The first-order valence-corrected chi connectivity index (χ1v) is 20.5. The van der Waals surface area contributed by atoms with Gasteiger partial charge < -0.3 is 38.7 Å². The van der Waals surface area contributed by atoms with E-state index in [0.717, 1.165) is 56.1 Å². The van der Waals surface area contributed by atoms with Crippen LogP contribution in [0.15, 0.2) is 71.9 Å². The van der Waals surface area contributed by atoms with Gasteiger partial charge in [0.05, 0.1) is 32.0 Å². The first kappa shape index (κ1) is 41.7. The summed E-state index contributed by atoms with van der Waals surface area (Å²) < 4.78 is 46.4. The molecule has 0 bridgehead atoms. The maximum Gasteiger partial charge on any atom is 0.409 e. The fourth-order valence-electron chi connectivity index (χ4n) is 9.16. The maximum absolute atomic E-state index is 14.7. The van der Waals surface area contributed by atoms with Gasteiger partial charge in [-0.1, -0.05) is 55.3 Å². The molecule has 2 aliphatic heterocycles. The van der Waals surface area contributed by atoms with E-state index < -0.39 is 30.1 Å². The fourth-order valence-corrected chi connectivity index (χ4v) is 9.16. The van der Waals surface area contributed by atoms with Crippen LogP contribution in [0.4, 0.5) is 9.18 Å². The number of halogens is 1. The fraction of sp³-hybridized carbons (Fsp3) is 0.591. The molecule has 1 unspecified atom stereocenters. The molecule has 1 saturated carbocycles. The van der Waals surface area contributed by atoms with Gasteiger partial charge in [-0.05, 0) is 86.6 Å². The van der Waals surface area contributed by atoms with Gasteiger partial charge in [-0.25, -0.2) is 9.18 Å². The molecule has 11 nitrogen and oxygen atoms in total. The van der Waals surface area contributed by atoms with E-state index in [2.05, 4.69) is 12.7 Å². The number of carbonyl (C=O) groups is 1. The number of aliphatic hydroxyl groups excluding tert-OH is 2. The molecule has 0 radical (unpaired) electrons. The minimum absolute atomic E-state index is 0.0468. The average molecular weight is 779 g/mol. The van der Waals surface area contributed by atoms with Crippen LogP contribution in [0.5, 0.6) is 11.5 Å². The Bertz CT molecular complexity index is 1680. The van der Waals surface area contributed by atoms with Gasteiger partial charge in [0.1, 0.15) is 30.0 Å². The summed E-state index contributed by atoms with van der Waals surface area (Å²) in [6, 6.07) is 11.6. The number of methoxy groups -OCH3 is 1. The Morgan fingerprint density at radius 1 is 1.11 bits per heavy atom. The van der Waals surface area contributed by atoms with Crippen LogP contribution in [-0.2, 0) is 25.7 Å². The molecule has 4 aliphatic rings. The molecule has 306 valence electrons. The summed E-state index contributed by atoms with van der Waals surface area (Å²) >= 11 is 0. The Kier molecular flexibility index (Phi) is 14.8. The molecule has 1 saturated heterocycles. The molecular formula is C44H59FN2O9. The van der Waals surface area contributed by atoms with Crippen molar-refractivity contribution in [3.05, 3.63) is 83.7 Å². The molecule has 2 aliphatic carbocycles. The number of nitrogens with zero attached hydrogens (tertiary/aromatic N) is 2. The molecule has 7 atom stereocenters. The van der Waals surface area contributed by atoms with Crippen LogP contribution < -0.4 is 9.47 Å². The van der Waals surface area contributed by atoms with Gasteiger partial charge in [0.2, 0.25) is 12.1 Å². The summed E-state index contributed by atoms with van der Waals surface area (Å²) in [5.74, 6) is -1.12. The lowest BCUT2D eigenvalue weighted by Gasteiger charge is -2.59. The number of aliphatic hydroxyl groups is 2. The third-order valence-corrected chi connectivity index (χ3v) is 11.7. The lowest BCUT2D eigenvalue weighted by Crippen LogP contribution is -2.70. The van der Waals surface area contributed by atoms with Gasteiger partial charge in [0.25, 0.3) is 0 Å². The smallest absolute Gasteiger partial charge is 0.409 e. The molecule has 1 amide bonds. The van der Waals surface area contributed by atoms with E-state index in [4.69, 9.17) is 33.7 Å². The third-order valence-electron chi connectivity index (χ3n) is 11.7. The summed E-state index contributed by atoms with van der Waals surface area (Å²) in [5, 5.41) is 24.6. The molecule has 12 heteroatoms. The second-order valence-corrected chi connectivity index (χ2v) is 15.2. The zero-order valence-corrected chi connectivity index (χ0v) is 32.9. The highest BCUT2D eigenvalue weighted by Crippen LogP contribution is 2.62. The lowest BCUT2D eigenvalue weighted by molar-refractivity contribution is -0.255. The second kappa shape index (κ2) is 19.9. The van der Waals surface area contributed by atoms with E-state index in [1.54, 1.807) is 29.2 Å². The number of unbranched alkanes of at least 4 members (excludes halogenated alkanes) is 2. The van der Waals surface area contributed by atoms with Crippen LogP contribution in [0.2, 0.25) is 0 Å². The molecule has 2 aromatic carbocycles. The minimum Gasteiger partial charge on any atom is -0.489 e. The molecule has 2 fully saturated rings. The summed E-state index contributed by atoms with van der Waals surface area (Å²) in [4.78, 5) is 21.6. The molecule has 0 aromatic heterocycles. The van der Waals surface area contributed by atoms with Gasteiger partial charge in [0.15, 0.2) is 0 Å². The summed E-state index contributed by atoms with van der Waals surface area (Å²) in [6.07, 6.45) is 11.2. The van der Waals surface area contributed by atoms with Crippen molar-refractivity contribution in [2.24, 2.45) is 22.9 Å². The van der Waals surface area contributed by atoms with Crippen molar-refractivity contribution < 1.29 is 47.9 Å². The number of rotatable bonds is 19. The predicted octanol–water partition coefficient (Wildman–Crippen LogP) is 8.04. The Morgan fingerprint density at radius 3 is 2.62 bits per heavy atom. The number of carbonyl (C=O) groups excluding carboxylic acids is 1. The van der Waals surface area contributed by atoms with Crippen molar-refractivity contribution in [2.75, 3.05) is 40.1 Å². The quantitative estimate of drug-likeness (QED) is 0.0828. The summed E-state index contributed by atoms with van der Waals surface area (Å²) in [6.45, 7) is 7.38. The molecule has 2 aromatic rings. The van der Waals surface area contributed by atoms with Gasteiger partial charge in [-0.2, -0.15) is 0 Å². The number of allylic oxidation sites excluding steroid dienone is 1. The predicted molar refractivity (Wildman–Crippen MR) is 210 cm³/mol.